The first kappa shape index (κ1) is 9.65. The maximum absolute atomic E-state index is 5.93. The molecule has 0 amide bonds. The lowest BCUT2D eigenvalue weighted by Gasteiger charge is -2.03. The van der Waals surface area contributed by atoms with Crippen molar-refractivity contribution < 1.29 is 0 Å². The van der Waals surface area contributed by atoms with Crippen LogP contribution in [0.1, 0.15) is 0 Å². The summed E-state index contributed by atoms with van der Waals surface area (Å²) >= 11 is 0. The highest BCUT2D eigenvalue weighted by atomic mass is 15.3. The van der Waals surface area contributed by atoms with E-state index in [1.165, 1.54) is 0 Å². The van der Waals surface area contributed by atoms with Crippen LogP contribution in [-0.2, 0) is 0 Å². The van der Waals surface area contributed by atoms with Gasteiger partial charge in [-0.3, -0.25) is 4.40 Å². The molecule has 5 heteroatoms. The van der Waals surface area contributed by atoms with E-state index in [2.05, 4.69) is 10.2 Å². The second-order valence-electron chi connectivity index (χ2n) is 3.79. The molecule has 0 spiro atoms. The summed E-state index contributed by atoms with van der Waals surface area (Å²) in [7, 11) is 0. The number of rotatable bonds is 1. The van der Waals surface area contributed by atoms with Gasteiger partial charge in [0.15, 0.2) is 11.5 Å². The van der Waals surface area contributed by atoms with Gasteiger partial charge >= 0.3 is 0 Å². The van der Waals surface area contributed by atoms with Crippen LogP contribution in [0.3, 0.4) is 0 Å². The van der Waals surface area contributed by atoms with Gasteiger partial charge in [-0.25, -0.2) is 0 Å². The highest BCUT2D eigenvalue weighted by Crippen LogP contribution is 2.22. The molecule has 0 bridgehead atoms. The van der Waals surface area contributed by atoms with Crippen LogP contribution in [0.4, 0.5) is 11.5 Å². The lowest BCUT2D eigenvalue weighted by Crippen LogP contribution is -1.98. The van der Waals surface area contributed by atoms with Gasteiger partial charge in [-0.2, -0.15) is 0 Å². The van der Waals surface area contributed by atoms with E-state index in [-0.39, 0.29) is 0 Å². The van der Waals surface area contributed by atoms with E-state index in [1.807, 2.05) is 42.5 Å². The van der Waals surface area contributed by atoms with Crippen molar-refractivity contribution in [2.45, 2.75) is 0 Å². The van der Waals surface area contributed by atoms with Gasteiger partial charge in [0.25, 0.3) is 0 Å². The first-order chi connectivity index (χ1) is 8.25. The smallest absolute Gasteiger partial charge is 0.170 e. The van der Waals surface area contributed by atoms with Crippen LogP contribution in [0.25, 0.3) is 17.0 Å². The Morgan fingerprint density at radius 1 is 0.941 bits per heavy atom. The van der Waals surface area contributed by atoms with Crippen molar-refractivity contribution in [2.24, 2.45) is 0 Å². The predicted molar refractivity (Wildman–Crippen MR) is 67.2 cm³/mol. The van der Waals surface area contributed by atoms with Crippen LogP contribution in [0.15, 0.2) is 42.5 Å². The van der Waals surface area contributed by atoms with Crippen LogP contribution >= 0.6 is 0 Å². The molecule has 2 aromatic heterocycles. The SMILES string of the molecule is Nc1cccc(-c2nnc3cccc(N)n23)c1. The minimum absolute atomic E-state index is 0.602. The third-order valence-electron chi connectivity index (χ3n) is 2.60. The van der Waals surface area contributed by atoms with Gasteiger partial charge in [-0.1, -0.05) is 18.2 Å². The summed E-state index contributed by atoms with van der Waals surface area (Å²) < 4.78 is 1.80. The molecule has 1 aromatic carbocycles. The van der Waals surface area contributed by atoms with E-state index in [1.54, 1.807) is 4.40 Å². The zero-order valence-corrected chi connectivity index (χ0v) is 9.04. The number of nitrogen functional groups attached to an aromatic ring is 2. The van der Waals surface area contributed by atoms with Gasteiger partial charge in [-0.15, -0.1) is 10.2 Å². The molecule has 0 fully saturated rings. The molecule has 3 aromatic rings. The Hall–Kier alpha value is -2.56. The fourth-order valence-corrected chi connectivity index (χ4v) is 1.83. The zero-order valence-electron chi connectivity index (χ0n) is 9.04. The van der Waals surface area contributed by atoms with Crippen LogP contribution < -0.4 is 11.5 Å². The van der Waals surface area contributed by atoms with Crippen molar-refractivity contribution in [3.63, 3.8) is 0 Å². The number of benzene rings is 1. The molecule has 0 radical (unpaired) electrons. The lowest BCUT2D eigenvalue weighted by atomic mass is 10.2. The lowest BCUT2D eigenvalue weighted by molar-refractivity contribution is 1.11. The third kappa shape index (κ3) is 1.48. The minimum atomic E-state index is 0.602. The molecule has 84 valence electrons. The zero-order chi connectivity index (χ0) is 11.8. The fraction of sp³-hybridized carbons (Fsp3) is 0. The van der Waals surface area contributed by atoms with Gasteiger partial charge in [0.05, 0.1) is 0 Å². The molecule has 0 aliphatic rings. The molecular weight excluding hydrogens is 214 g/mol. The number of nitrogens with zero attached hydrogens (tertiary/aromatic N) is 3. The van der Waals surface area contributed by atoms with Crippen LogP contribution in [0.2, 0.25) is 0 Å². The standard InChI is InChI=1S/C12H11N5/c13-9-4-1-3-8(7-9)12-16-15-11-6-2-5-10(14)17(11)12/h1-7H,13-14H2. The third-order valence-corrected chi connectivity index (χ3v) is 2.60. The number of nitrogens with two attached hydrogens (primary N) is 2. The number of hydrogen-bond acceptors (Lipinski definition) is 4. The summed E-state index contributed by atoms with van der Waals surface area (Å²) in [6, 6.07) is 13.0. The molecule has 17 heavy (non-hydrogen) atoms. The normalized spacial score (nSPS) is 10.8. The Bertz CT molecular complexity index is 686. The second-order valence-corrected chi connectivity index (χ2v) is 3.79. The van der Waals surface area contributed by atoms with Crippen LogP contribution in [-0.4, -0.2) is 14.6 Å². The number of fused-ring (bicyclic) bond motifs is 1. The molecule has 0 atom stereocenters. The van der Waals surface area contributed by atoms with Crippen molar-refractivity contribution in [3.8, 4) is 11.4 Å². The molecule has 0 unspecified atom stereocenters. The average molecular weight is 225 g/mol. The molecule has 4 N–H and O–H groups in total. The molecule has 0 saturated carbocycles. The van der Waals surface area contributed by atoms with E-state index in [0.717, 1.165) is 11.2 Å². The van der Waals surface area contributed by atoms with Gasteiger partial charge in [0.2, 0.25) is 0 Å². The second kappa shape index (κ2) is 3.48. The van der Waals surface area contributed by atoms with Gasteiger partial charge in [-0.05, 0) is 24.3 Å². The van der Waals surface area contributed by atoms with Gasteiger partial charge in [0, 0.05) is 11.3 Å². The van der Waals surface area contributed by atoms with E-state index < -0.39 is 0 Å². The summed E-state index contributed by atoms with van der Waals surface area (Å²) in [5.41, 5.74) is 14.0. The molecular formula is C12H11N5. The van der Waals surface area contributed by atoms with E-state index >= 15 is 0 Å². The summed E-state index contributed by atoms with van der Waals surface area (Å²) in [5.74, 6) is 1.30. The van der Waals surface area contributed by atoms with Crippen molar-refractivity contribution >= 4 is 17.2 Å². The topological polar surface area (TPSA) is 82.2 Å². The van der Waals surface area contributed by atoms with Crippen LogP contribution in [0.5, 0.6) is 0 Å². The van der Waals surface area contributed by atoms with E-state index in [4.69, 9.17) is 11.5 Å². The van der Waals surface area contributed by atoms with Crippen molar-refractivity contribution in [2.75, 3.05) is 11.5 Å². The summed E-state index contributed by atoms with van der Waals surface area (Å²) in [6.45, 7) is 0. The Morgan fingerprint density at radius 2 is 1.76 bits per heavy atom. The average Bonchev–Trinajstić information content (AvgIpc) is 2.74. The summed E-state index contributed by atoms with van der Waals surface area (Å²) in [6.07, 6.45) is 0. The quantitative estimate of drug-likeness (QED) is 0.616. The van der Waals surface area contributed by atoms with Crippen molar-refractivity contribution in [3.05, 3.63) is 42.5 Å². The predicted octanol–water partition coefficient (Wildman–Crippen LogP) is 1.56. The van der Waals surface area contributed by atoms with Gasteiger partial charge < -0.3 is 11.5 Å². The van der Waals surface area contributed by atoms with E-state index in [9.17, 15) is 0 Å². The first-order valence-electron chi connectivity index (χ1n) is 5.21. The van der Waals surface area contributed by atoms with Crippen molar-refractivity contribution in [1.82, 2.24) is 14.6 Å². The maximum atomic E-state index is 5.93. The molecule has 0 aliphatic heterocycles. The minimum Gasteiger partial charge on any atom is -0.399 e. The van der Waals surface area contributed by atoms with Crippen LogP contribution in [0, 0.1) is 0 Å². The summed E-state index contributed by atoms with van der Waals surface area (Å²) in [5, 5.41) is 8.22. The molecule has 0 aliphatic carbocycles. The monoisotopic (exact) mass is 225 g/mol. The highest BCUT2D eigenvalue weighted by molar-refractivity contribution is 5.66. The Labute approximate surface area is 97.7 Å². The number of hydrogen-bond donors (Lipinski definition) is 2. The maximum Gasteiger partial charge on any atom is 0.170 e. The first-order valence-corrected chi connectivity index (χ1v) is 5.21. The number of anilines is 2. The molecule has 3 rings (SSSR count). The summed E-state index contributed by atoms with van der Waals surface area (Å²) in [4.78, 5) is 0. The Morgan fingerprint density at radius 3 is 2.59 bits per heavy atom. The molecule has 5 nitrogen and oxygen atoms in total. The van der Waals surface area contributed by atoms with E-state index in [0.29, 0.717) is 17.3 Å². The molecule has 0 saturated heterocycles. The van der Waals surface area contributed by atoms with Gasteiger partial charge in [0.1, 0.15) is 5.82 Å². The fourth-order valence-electron chi connectivity index (χ4n) is 1.83. The molecule has 2 heterocycles. The Balaban J connectivity index is 2.31. The Kier molecular flexibility index (Phi) is 1.98. The largest absolute Gasteiger partial charge is 0.399 e. The number of aromatic nitrogens is 3. The number of pyridine rings is 1. The van der Waals surface area contributed by atoms with Crippen molar-refractivity contribution in [1.29, 1.82) is 0 Å². The highest BCUT2D eigenvalue weighted by Gasteiger charge is 2.09.